The molecule has 0 aliphatic carbocycles. The first-order valence-corrected chi connectivity index (χ1v) is 6.55. The third-order valence-corrected chi connectivity index (χ3v) is 2.77. The largest absolute Gasteiger partial charge is 0.478 e. The van der Waals surface area contributed by atoms with Gasteiger partial charge in [0.2, 0.25) is 0 Å². The summed E-state index contributed by atoms with van der Waals surface area (Å²) < 4.78 is 4.94. The summed E-state index contributed by atoms with van der Waals surface area (Å²) in [5.74, 6) is -0.995. The molecule has 2 amide bonds. The first-order valence-electron chi connectivity index (χ1n) is 6.55. The zero-order valence-corrected chi connectivity index (χ0v) is 12.2. The summed E-state index contributed by atoms with van der Waals surface area (Å²) in [6.45, 7) is 1.22. The van der Waals surface area contributed by atoms with Crippen molar-refractivity contribution in [2.75, 3.05) is 32.6 Å². The summed E-state index contributed by atoms with van der Waals surface area (Å²) in [6, 6.07) is 6.73. The van der Waals surface area contributed by atoms with Crippen molar-refractivity contribution >= 4 is 23.8 Å². The molecular formula is C15H20N2O4. The first-order chi connectivity index (χ1) is 10.0. The summed E-state index contributed by atoms with van der Waals surface area (Å²) in [4.78, 5) is 23.9. The van der Waals surface area contributed by atoms with Crippen LogP contribution in [0.4, 0.5) is 10.5 Å². The maximum Gasteiger partial charge on any atom is 0.328 e. The number of urea groups is 1. The van der Waals surface area contributed by atoms with Gasteiger partial charge in [0.05, 0.1) is 0 Å². The summed E-state index contributed by atoms with van der Waals surface area (Å²) in [7, 11) is 3.34. The van der Waals surface area contributed by atoms with Gasteiger partial charge < -0.3 is 20.1 Å². The summed E-state index contributed by atoms with van der Waals surface area (Å²) in [6.07, 6.45) is 3.33. The third-order valence-electron chi connectivity index (χ3n) is 2.77. The second-order valence-corrected chi connectivity index (χ2v) is 4.49. The Bertz CT molecular complexity index is 497. The van der Waals surface area contributed by atoms with E-state index in [0.29, 0.717) is 18.8 Å². The number of ether oxygens (including phenoxy) is 1. The van der Waals surface area contributed by atoms with Crippen molar-refractivity contribution in [2.24, 2.45) is 0 Å². The third kappa shape index (κ3) is 6.58. The number of methoxy groups -OCH3 is 1. The number of carbonyl (C=O) groups is 2. The Morgan fingerprint density at radius 2 is 2.00 bits per heavy atom. The highest BCUT2D eigenvalue weighted by atomic mass is 16.5. The van der Waals surface area contributed by atoms with Crippen molar-refractivity contribution in [2.45, 2.75) is 6.42 Å². The quantitative estimate of drug-likeness (QED) is 0.597. The molecule has 1 rings (SSSR count). The van der Waals surface area contributed by atoms with Crippen LogP contribution in [-0.4, -0.2) is 49.3 Å². The van der Waals surface area contributed by atoms with Crippen LogP contribution in [0, 0.1) is 0 Å². The fraction of sp³-hybridized carbons (Fsp3) is 0.333. The van der Waals surface area contributed by atoms with E-state index in [0.717, 1.165) is 18.1 Å². The van der Waals surface area contributed by atoms with Crippen molar-refractivity contribution in [1.29, 1.82) is 0 Å². The number of carbonyl (C=O) groups excluding carboxylic acids is 1. The molecule has 2 N–H and O–H groups in total. The number of benzene rings is 1. The van der Waals surface area contributed by atoms with Crippen LogP contribution in [0.3, 0.4) is 0 Å². The minimum atomic E-state index is -0.995. The van der Waals surface area contributed by atoms with Crippen LogP contribution in [-0.2, 0) is 9.53 Å². The highest BCUT2D eigenvalue weighted by Gasteiger charge is 2.07. The van der Waals surface area contributed by atoms with E-state index >= 15 is 0 Å². The SMILES string of the molecule is COCCCN(C)C(=O)Nc1ccc(C=CC(=O)O)cc1. The van der Waals surface area contributed by atoms with Crippen LogP contribution >= 0.6 is 0 Å². The van der Waals surface area contributed by atoms with Gasteiger partial charge in [0, 0.05) is 39.1 Å². The van der Waals surface area contributed by atoms with Gasteiger partial charge >= 0.3 is 12.0 Å². The maximum atomic E-state index is 11.9. The molecule has 0 bridgehead atoms. The molecule has 21 heavy (non-hydrogen) atoms. The molecule has 0 heterocycles. The summed E-state index contributed by atoms with van der Waals surface area (Å²) in [5, 5.41) is 11.3. The molecule has 0 radical (unpaired) electrons. The van der Waals surface area contributed by atoms with Gasteiger partial charge in [-0.15, -0.1) is 0 Å². The predicted molar refractivity (Wildman–Crippen MR) is 81.3 cm³/mol. The lowest BCUT2D eigenvalue weighted by atomic mass is 10.2. The Morgan fingerprint density at radius 1 is 1.33 bits per heavy atom. The first kappa shape index (κ1) is 16.7. The molecule has 1 aromatic carbocycles. The van der Waals surface area contributed by atoms with Gasteiger partial charge in [-0.3, -0.25) is 0 Å². The van der Waals surface area contributed by atoms with Crippen molar-refractivity contribution in [3.05, 3.63) is 35.9 Å². The van der Waals surface area contributed by atoms with Gasteiger partial charge in [0.15, 0.2) is 0 Å². The van der Waals surface area contributed by atoms with Crippen molar-refractivity contribution < 1.29 is 19.4 Å². The average Bonchev–Trinajstić information content (AvgIpc) is 2.46. The molecule has 0 saturated heterocycles. The van der Waals surface area contributed by atoms with Crippen molar-refractivity contribution in [3.63, 3.8) is 0 Å². The van der Waals surface area contributed by atoms with Gasteiger partial charge in [-0.05, 0) is 30.2 Å². The lowest BCUT2D eigenvalue weighted by molar-refractivity contribution is -0.131. The Kier molecular flexibility index (Phi) is 6.97. The number of rotatable bonds is 7. The lowest BCUT2D eigenvalue weighted by Gasteiger charge is -2.17. The van der Waals surface area contributed by atoms with E-state index in [4.69, 9.17) is 9.84 Å². The van der Waals surface area contributed by atoms with Crippen molar-refractivity contribution in [1.82, 2.24) is 4.90 Å². The highest BCUT2D eigenvalue weighted by molar-refractivity contribution is 5.89. The minimum absolute atomic E-state index is 0.195. The number of nitrogens with one attached hydrogen (secondary N) is 1. The van der Waals surface area contributed by atoms with Gasteiger partial charge in [0.25, 0.3) is 0 Å². The number of amides is 2. The average molecular weight is 292 g/mol. The number of hydrogen-bond acceptors (Lipinski definition) is 3. The fourth-order valence-electron chi connectivity index (χ4n) is 1.61. The molecule has 0 spiro atoms. The molecule has 6 heteroatoms. The molecule has 0 aliphatic heterocycles. The van der Waals surface area contributed by atoms with Crippen LogP contribution in [0.5, 0.6) is 0 Å². The normalized spacial score (nSPS) is 10.6. The molecule has 0 saturated carbocycles. The number of carboxylic acids is 1. The van der Waals surface area contributed by atoms with Crippen LogP contribution in [0.2, 0.25) is 0 Å². The topological polar surface area (TPSA) is 78.9 Å². The van der Waals surface area contributed by atoms with Crippen LogP contribution in [0.15, 0.2) is 30.3 Å². The van der Waals surface area contributed by atoms with Gasteiger partial charge in [0.1, 0.15) is 0 Å². The van der Waals surface area contributed by atoms with E-state index in [9.17, 15) is 9.59 Å². The van der Waals surface area contributed by atoms with E-state index in [1.165, 1.54) is 6.08 Å². The van der Waals surface area contributed by atoms with E-state index in [2.05, 4.69) is 5.32 Å². The molecule has 0 fully saturated rings. The second kappa shape index (κ2) is 8.76. The van der Waals surface area contributed by atoms with E-state index in [-0.39, 0.29) is 6.03 Å². The molecule has 0 aromatic heterocycles. The van der Waals surface area contributed by atoms with Crippen molar-refractivity contribution in [3.8, 4) is 0 Å². The van der Waals surface area contributed by atoms with Gasteiger partial charge in [-0.1, -0.05) is 12.1 Å². The Hall–Kier alpha value is -2.34. The van der Waals surface area contributed by atoms with E-state index in [1.807, 2.05) is 0 Å². The Labute approximate surface area is 124 Å². The zero-order valence-electron chi connectivity index (χ0n) is 12.2. The number of aliphatic carboxylic acids is 1. The van der Waals surface area contributed by atoms with Gasteiger partial charge in [-0.25, -0.2) is 9.59 Å². The molecule has 0 aliphatic rings. The molecule has 0 unspecified atom stereocenters. The molecule has 114 valence electrons. The number of nitrogens with zero attached hydrogens (tertiary/aromatic N) is 1. The van der Waals surface area contributed by atoms with E-state index in [1.54, 1.807) is 43.3 Å². The lowest BCUT2D eigenvalue weighted by Crippen LogP contribution is -2.32. The molecular weight excluding hydrogens is 272 g/mol. The molecule has 1 aromatic rings. The highest BCUT2D eigenvalue weighted by Crippen LogP contribution is 2.11. The van der Waals surface area contributed by atoms with Gasteiger partial charge in [-0.2, -0.15) is 0 Å². The van der Waals surface area contributed by atoms with Crippen LogP contribution < -0.4 is 5.32 Å². The Morgan fingerprint density at radius 3 is 2.57 bits per heavy atom. The number of carboxylic acid groups (broad SMARTS) is 1. The number of hydrogen-bond donors (Lipinski definition) is 2. The Balaban J connectivity index is 2.51. The summed E-state index contributed by atoms with van der Waals surface area (Å²) in [5.41, 5.74) is 1.41. The molecule has 6 nitrogen and oxygen atoms in total. The maximum absolute atomic E-state index is 11.9. The summed E-state index contributed by atoms with van der Waals surface area (Å²) >= 11 is 0. The monoisotopic (exact) mass is 292 g/mol. The van der Waals surface area contributed by atoms with Crippen LogP contribution in [0.25, 0.3) is 6.08 Å². The van der Waals surface area contributed by atoms with E-state index < -0.39 is 5.97 Å². The smallest absolute Gasteiger partial charge is 0.328 e. The fourth-order valence-corrected chi connectivity index (χ4v) is 1.61. The minimum Gasteiger partial charge on any atom is -0.478 e. The zero-order chi connectivity index (χ0) is 15.7. The molecule has 0 atom stereocenters. The number of anilines is 1. The predicted octanol–water partition coefficient (Wildman–Crippen LogP) is 2.28. The second-order valence-electron chi connectivity index (χ2n) is 4.49. The van der Waals surface area contributed by atoms with Crippen LogP contribution in [0.1, 0.15) is 12.0 Å². The standard InChI is InChI=1S/C15H20N2O4/c1-17(10-3-11-21-2)15(20)16-13-7-4-12(5-8-13)6-9-14(18)19/h4-9H,3,10-11H2,1-2H3,(H,16,20)(H,18,19).